The predicted molar refractivity (Wildman–Crippen MR) is 121 cm³/mol. The van der Waals surface area contributed by atoms with E-state index < -0.39 is 11.7 Å². The van der Waals surface area contributed by atoms with Gasteiger partial charge in [-0.25, -0.2) is 0 Å². The van der Waals surface area contributed by atoms with E-state index in [9.17, 15) is 13.2 Å². The standard InChI is InChI=1S/C23H29BrClF3N2/c24-20-8-5-18(6-9-20)14-30(13-17-3-1-16(12-29)2-4-17)15-19-7-10-22(25)21(11-19)23(26,27)28/h5,7-8,10-11,16-17H,1-4,6,9,12-15,29H2. The fraction of sp³-hybridized carbons (Fsp3) is 0.565. The van der Waals surface area contributed by atoms with Gasteiger partial charge in [0.1, 0.15) is 0 Å². The lowest BCUT2D eigenvalue weighted by Crippen LogP contribution is -2.34. The summed E-state index contributed by atoms with van der Waals surface area (Å²) in [6, 6.07) is 4.28. The highest BCUT2D eigenvalue weighted by atomic mass is 79.9. The van der Waals surface area contributed by atoms with Gasteiger partial charge >= 0.3 is 6.18 Å². The summed E-state index contributed by atoms with van der Waals surface area (Å²) in [5.74, 6) is 1.18. The van der Waals surface area contributed by atoms with Crippen LogP contribution in [0.25, 0.3) is 0 Å². The summed E-state index contributed by atoms with van der Waals surface area (Å²) < 4.78 is 41.1. The van der Waals surface area contributed by atoms with Gasteiger partial charge in [0.25, 0.3) is 0 Å². The SMILES string of the molecule is NCC1CCC(CN(CC2=CC=C(Br)CC2)Cc2ccc(Cl)c(C(F)(F)F)c2)CC1. The van der Waals surface area contributed by atoms with Gasteiger partial charge in [-0.05, 0) is 79.1 Å². The van der Waals surface area contributed by atoms with Crippen LogP contribution in [-0.4, -0.2) is 24.5 Å². The fourth-order valence-corrected chi connectivity index (χ4v) is 4.98. The quantitative estimate of drug-likeness (QED) is 0.435. The summed E-state index contributed by atoms with van der Waals surface area (Å²) >= 11 is 9.34. The Hall–Kier alpha value is -0.820. The molecule has 2 N–H and O–H groups in total. The van der Waals surface area contributed by atoms with Crippen molar-refractivity contribution < 1.29 is 13.2 Å². The topological polar surface area (TPSA) is 29.3 Å². The third-order valence-corrected chi connectivity index (χ3v) is 7.16. The number of hydrogen-bond donors (Lipinski definition) is 1. The molecule has 3 rings (SSSR count). The second-order valence-electron chi connectivity index (χ2n) is 8.54. The second-order valence-corrected chi connectivity index (χ2v) is 9.97. The van der Waals surface area contributed by atoms with Crippen molar-refractivity contribution in [2.24, 2.45) is 17.6 Å². The average Bonchev–Trinajstić information content (AvgIpc) is 2.71. The Labute approximate surface area is 190 Å². The second kappa shape index (κ2) is 10.7. The summed E-state index contributed by atoms with van der Waals surface area (Å²) in [6.07, 6.45) is 6.28. The van der Waals surface area contributed by atoms with Crippen LogP contribution in [0, 0.1) is 11.8 Å². The zero-order valence-corrected chi connectivity index (χ0v) is 19.4. The first-order valence-corrected chi connectivity index (χ1v) is 11.7. The van der Waals surface area contributed by atoms with E-state index in [1.807, 2.05) is 0 Å². The Balaban J connectivity index is 1.74. The van der Waals surface area contributed by atoms with E-state index >= 15 is 0 Å². The van der Waals surface area contributed by atoms with Crippen LogP contribution in [0.5, 0.6) is 0 Å². The van der Waals surface area contributed by atoms with Crippen molar-refractivity contribution in [2.75, 3.05) is 19.6 Å². The third-order valence-electron chi connectivity index (χ3n) is 6.17. The van der Waals surface area contributed by atoms with E-state index in [0.717, 1.165) is 58.2 Å². The molecule has 1 aromatic rings. The molecule has 2 aliphatic rings. The molecule has 0 aliphatic heterocycles. The molecule has 1 saturated carbocycles. The zero-order valence-electron chi connectivity index (χ0n) is 17.0. The highest BCUT2D eigenvalue weighted by Gasteiger charge is 2.33. The lowest BCUT2D eigenvalue weighted by Gasteiger charge is -2.33. The van der Waals surface area contributed by atoms with Crippen molar-refractivity contribution in [1.29, 1.82) is 0 Å². The molecule has 0 bridgehead atoms. The third kappa shape index (κ3) is 6.84. The minimum atomic E-state index is -4.44. The van der Waals surface area contributed by atoms with E-state index in [1.54, 1.807) is 6.07 Å². The van der Waals surface area contributed by atoms with E-state index in [-0.39, 0.29) is 5.02 Å². The summed E-state index contributed by atoms with van der Waals surface area (Å²) in [5, 5.41) is -0.247. The first-order valence-electron chi connectivity index (χ1n) is 10.6. The zero-order chi connectivity index (χ0) is 21.7. The Morgan fingerprint density at radius 2 is 1.73 bits per heavy atom. The first kappa shape index (κ1) is 23.8. The Morgan fingerprint density at radius 3 is 2.33 bits per heavy atom. The normalized spacial score (nSPS) is 22.8. The molecule has 0 atom stereocenters. The van der Waals surface area contributed by atoms with Crippen LogP contribution in [0.4, 0.5) is 13.2 Å². The minimum Gasteiger partial charge on any atom is -0.330 e. The molecule has 30 heavy (non-hydrogen) atoms. The molecule has 0 unspecified atom stereocenters. The van der Waals surface area contributed by atoms with Crippen LogP contribution >= 0.6 is 27.5 Å². The number of rotatable bonds is 7. The van der Waals surface area contributed by atoms with E-state index in [2.05, 4.69) is 33.0 Å². The van der Waals surface area contributed by atoms with E-state index in [1.165, 1.54) is 22.2 Å². The Kier molecular flexibility index (Phi) is 8.47. The maximum absolute atomic E-state index is 13.3. The molecule has 1 aromatic carbocycles. The molecule has 166 valence electrons. The number of hydrogen-bond acceptors (Lipinski definition) is 2. The lowest BCUT2D eigenvalue weighted by atomic mass is 9.81. The summed E-state index contributed by atoms with van der Waals surface area (Å²) in [6.45, 7) is 2.90. The lowest BCUT2D eigenvalue weighted by molar-refractivity contribution is -0.137. The molecule has 2 aliphatic carbocycles. The molecule has 0 amide bonds. The molecule has 0 aromatic heterocycles. The summed E-state index contributed by atoms with van der Waals surface area (Å²) in [4.78, 5) is 2.30. The van der Waals surface area contributed by atoms with Gasteiger partial charge in [0.15, 0.2) is 0 Å². The molecule has 1 fully saturated rings. The average molecular weight is 506 g/mol. The van der Waals surface area contributed by atoms with Crippen LogP contribution in [0.3, 0.4) is 0 Å². The number of halogens is 5. The smallest absolute Gasteiger partial charge is 0.330 e. The van der Waals surface area contributed by atoms with E-state index in [0.29, 0.717) is 23.9 Å². The molecule has 0 radical (unpaired) electrons. The fourth-order valence-electron chi connectivity index (χ4n) is 4.42. The van der Waals surface area contributed by atoms with Gasteiger partial charge in [-0.3, -0.25) is 4.90 Å². The van der Waals surface area contributed by atoms with Gasteiger partial charge in [0.2, 0.25) is 0 Å². The molecule has 2 nitrogen and oxygen atoms in total. The van der Waals surface area contributed by atoms with Crippen molar-refractivity contribution in [3.8, 4) is 0 Å². The summed E-state index contributed by atoms with van der Waals surface area (Å²) in [5.41, 5.74) is 7.03. The number of alkyl halides is 3. The number of benzene rings is 1. The minimum absolute atomic E-state index is 0.247. The maximum Gasteiger partial charge on any atom is 0.417 e. The molecule has 7 heteroatoms. The van der Waals surface area contributed by atoms with Gasteiger partial charge < -0.3 is 5.73 Å². The van der Waals surface area contributed by atoms with Crippen LogP contribution in [0.1, 0.15) is 49.7 Å². The number of allylic oxidation sites excluding steroid dienone is 3. The van der Waals surface area contributed by atoms with Crippen molar-refractivity contribution in [3.05, 3.63) is 56.6 Å². The van der Waals surface area contributed by atoms with Crippen LogP contribution in [0.15, 0.2) is 40.4 Å². The molecule has 0 spiro atoms. The van der Waals surface area contributed by atoms with Crippen molar-refractivity contribution >= 4 is 27.5 Å². The van der Waals surface area contributed by atoms with Crippen molar-refractivity contribution in [2.45, 2.75) is 51.2 Å². The molecule has 0 saturated heterocycles. The predicted octanol–water partition coefficient (Wildman–Crippen LogP) is 6.92. The molecule has 0 heterocycles. The van der Waals surface area contributed by atoms with Crippen LogP contribution in [-0.2, 0) is 12.7 Å². The van der Waals surface area contributed by atoms with Gasteiger partial charge in [-0.1, -0.05) is 51.3 Å². The number of nitrogens with zero attached hydrogens (tertiary/aromatic N) is 1. The Bertz CT molecular complexity index is 783. The van der Waals surface area contributed by atoms with Crippen molar-refractivity contribution in [3.63, 3.8) is 0 Å². The molecular formula is C23H29BrClF3N2. The molecular weight excluding hydrogens is 477 g/mol. The van der Waals surface area contributed by atoms with Gasteiger partial charge in [0.05, 0.1) is 10.6 Å². The number of nitrogens with two attached hydrogens (primary N) is 1. The van der Waals surface area contributed by atoms with Gasteiger partial charge in [-0.2, -0.15) is 13.2 Å². The summed E-state index contributed by atoms with van der Waals surface area (Å²) in [7, 11) is 0. The Morgan fingerprint density at radius 1 is 1.03 bits per heavy atom. The maximum atomic E-state index is 13.3. The highest BCUT2D eigenvalue weighted by molar-refractivity contribution is 9.11. The largest absolute Gasteiger partial charge is 0.417 e. The monoisotopic (exact) mass is 504 g/mol. The van der Waals surface area contributed by atoms with Crippen LogP contribution in [0.2, 0.25) is 5.02 Å². The van der Waals surface area contributed by atoms with Crippen LogP contribution < -0.4 is 5.73 Å². The van der Waals surface area contributed by atoms with Gasteiger partial charge in [0, 0.05) is 19.6 Å². The highest BCUT2D eigenvalue weighted by Crippen LogP contribution is 2.36. The first-order chi connectivity index (χ1) is 14.2. The van der Waals surface area contributed by atoms with E-state index in [4.69, 9.17) is 17.3 Å². The van der Waals surface area contributed by atoms with Gasteiger partial charge in [-0.15, -0.1) is 0 Å². The van der Waals surface area contributed by atoms with Crippen molar-refractivity contribution in [1.82, 2.24) is 4.90 Å².